The van der Waals surface area contributed by atoms with Crippen LogP contribution >= 0.6 is 11.3 Å². The van der Waals surface area contributed by atoms with E-state index >= 15 is 0 Å². The first-order chi connectivity index (χ1) is 9.93. The van der Waals surface area contributed by atoms with E-state index in [4.69, 9.17) is 15.2 Å². The van der Waals surface area contributed by atoms with Crippen molar-refractivity contribution in [2.24, 2.45) is 0 Å². The molecule has 2 rings (SSSR count). The maximum absolute atomic E-state index is 11.7. The maximum Gasteiger partial charge on any atom is 0.177 e. The molecule has 1 saturated carbocycles. The van der Waals surface area contributed by atoms with Crippen LogP contribution in [0.4, 0.5) is 10.7 Å². The summed E-state index contributed by atoms with van der Waals surface area (Å²) in [5.74, 6) is 0.566. The molecule has 3 N–H and O–H groups in total. The number of thiophene rings is 1. The molecule has 2 atom stereocenters. The Bertz CT molecular complexity index is 513. The molecule has 5 nitrogen and oxygen atoms in total. The molecule has 0 saturated heterocycles. The van der Waals surface area contributed by atoms with Crippen LogP contribution in [0, 0.1) is 0 Å². The number of hydrogen-bond acceptors (Lipinski definition) is 6. The summed E-state index contributed by atoms with van der Waals surface area (Å²) in [5, 5.41) is 4.30. The van der Waals surface area contributed by atoms with Crippen LogP contribution in [0.3, 0.4) is 0 Å². The van der Waals surface area contributed by atoms with E-state index in [0.717, 1.165) is 24.3 Å². The van der Waals surface area contributed by atoms with Gasteiger partial charge in [-0.1, -0.05) is 0 Å². The van der Waals surface area contributed by atoms with Crippen molar-refractivity contribution >= 4 is 27.8 Å². The molecule has 0 radical (unpaired) electrons. The number of anilines is 2. The maximum atomic E-state index is 11.7. The number of ketones is 1. The van der Waals surface area contributed by atoms with Gasteiger partial charge in [0.1, 0.15) is 5.00 Å². The van der Waals surface area contributed by atoms with Gasteiger partial charge in [0.2, 0.25) is 0 Å². The average Bonchev–Trinajstić information content (AvgIpc) is 2.97. The quantitative estimate of drug-likeness (QED) is 0.788. The molecule has 0 aromatic carbocycles. The monoisotopic (exact) mass is 312 g/mol. The summed E-state index contributed by atoms with van der Waals surface area (Å²) in [6, 6.07) is 0.238. The topological polar surface area (TPSA) is 73.6 Å². The third-order valence-corrected chi connectivity index (χ3v) is 4.86. The average molecular weight is 312 g/mol. The van der Waals surface area contributed by atoms with Gasteiger partial charge in [0.25, 0.3) is 0 Å². The second-order valence-corrected chi connectivity index (χ2v) is 6.70. The van der Waals surface area contributed by atoms with Crippen LogP contribution < -0.4 is 15.8 Å². The highest BCUT2D eigenvalue weighted by atomic mass is 32.1. The standard InChI is InChI=1S/C15H24N2O3S/c1-8(2)20-13-12(16)14(9(3)18)21-15(13)17-10-6-5-7-11(10)19-4/h8,10-11,17H,5-7,16H2,1-4H3. The molecule has 1 aliphatic rings. The van der Waals surface area contributed by atoms with Crippen molar-refractivity contribution in [3.05, 3.63) is 4.88 Å². The van der Waals surface area contributed by atoms with Crippen LogP contribution in [-0.4, -0.2) is 31.1 Å². The summed E-state index contributed by atoms with van der Waals surface area (Å²) in [6.45, 7) is 5.42. The zero-order valence-electron chi connectivity index (χ0n) is 13.1. The van der Waals surface area contributed by atoms with Crippen molar-refractivity contribution in [1.29, 1.82) is 0 Å². The zero-order chi connectivity index (χ0) is 15.6. The van der Waals surface area contributed by atoms with Gasteiger partial charge in [-0.25, -0.2) is 0 Å². The molecule has 0 aliphatic heterocycles. The van der Waals surface area contributed by atoms with E-state index in [0.29, 0.717) is 16.3 Å². The first kappa shape index (κ1) is 16.1. The third-order valence-electron chi connectivity index (χ3n) is 3.64. The highest BCUT2D eigenvalue weighted by Gasteiger charge is 2.30. The van der Waals surface area contributed by atoms with E-state index in [2.05, 4.69) is 5.32 Å². The highest BCUT2D eigenvalue weighted by molar-refractivity contribution is 7.19. The van der Waals surface area contributed by atoms with Crippen LogP contribution in [0.15, 0.2) is 0 Å². The lowest BCUT2D eigenvalue weighted by Gasteiger charge is -2.21. The summed E-state index contributed by atoms with van der Waals surface area (Å²) < 4.78 is 11.3. The van der Waals surface area contributed by atoms with Crippen molar-refractivity contribution in [2.45, 2.75) is 58.3 Å². The Morgan fingerprint density at radius 3 is 2.71 bits per heavy atom. The molecule has 1 aromatic rings. The predicted molar refractivity (Wildman–Crippen MR) is 86.6 cm³/mol. The van der Waals surface area contributed by atoms with Gasteiger partial charge >= 0.3 is 0 Å². The Balaban J connectivity index is 2.28. The summed E-state index contributed by atoms with van der Waals surface area (Å²) in [5.41, 5.74) is 6.53. The second-order valence-electron chi connectivity index (χ2n) is 5.68. The van der Waals surface area contributed by atoms with E-state index in [1.807, 2.05) is 13.8 Å². The van der Waals surface area contributed by atoms with E-state index < -0.39 is 0 Å². The number of nitrogens with one attached hydrogen (secondary N) is 1. The fourth-order valence-electron chi connectivity index (χ4n) is 2.68. The van der Waals surface area contributed by atoms with Crippen LogP contribution in [0.5, 0.6) is 5.75 Å². The van der Waals surface area contributed by atoms with Crippen LogP contribution in [0.25, 0.3) is 0 Å². The SMILES string of the molecule is COC1CCCC1Nc1sc(C(C)=O)c(N)c1OC(C)C. The van der Waals surface area contributed by atoms with E-state index in [-0.39, 0.29) is 24.0 Å². The van der Waals surface area contributed by atoms with Crippen LogP contribution in [0.1, 0.15) is 49.7 Å². The van der Waals surface area contributed by atoms with Gasteiger partial charge in [-0.05, 0) is 33.1 Å². The number of rotatable bonds is 6. The molecule has 0 spiro atoms. The van der Waals surface area contributed by atoms with Gasteiger partial charge < -0.3 is 20.5 Å². The fourth-order valence-corrected chi connectivity index (χ4v) is 3.69. The summed E-state index contributed by atoms with van der Waals surface area (Å²) in [4.78, 5) is 12.3. The zero-order valence-corrected chi connectivity index (χ0v) is 13.9. The largest absolute Gasteiger partial charge is 0.486 e. The first-order valence-corrected chi connectivity index (χ1v) is 8.14. The van der Waals surface area contributed by atoms with Crippen LogP contribution in [0.2, 0.25) is 0 Å². The molecular weight excluding hydrogens is 288 g/mol. The Kier molecular flexibility index (Phi) is 5.11. The summed E-state index contributed by atoms with van der Waals surface area (Å²) in [7, 11) is 1.74. The fraction of sp³-hybridized carbons (Fsp3) is 0.667. The Morgan fingerprint density at radius 2 is 2.14 bits per heavy atom. The minimum Gasteiger partial charge on any atom is -0.486 e. The van der Waals surface area contributed by atoms with E-state index in [1.54, 1.807) is 7.11 Å². The molecule has 0 amide bonds. The number of nitrogens with two attached hydrogens (primary N) is 1. The lowest BCUT2D eigenvalue weighted by molar-refractivity contribution is 0.101. The number of ether oxygens (including phenoxy) is 2. The van der Waals surface area contributed by atoms with Gasteiger partial charge in [-0.2, -0.15) is 0 Å². The van der Waals surface area contributed by atoms with Crippen molar-refractivity contribution in [2.75, 3.05) is 18.2 Å². The number of carbonyl (C=O) groups is 1. The number of Topliss-reactive ketones (excluding diaryl/α,β-unsaturated/α-hetero) is 1. The minimum atomic E-state index is -0.0335. The molecule has 1 aliphatic carbocycles. The molecule has 1 heterocycles. The smallest absolute Gasteiger partial charge is 0.177 e. The number of methoxy groups -OCH3 is 1. The van der Waals surface area contributed by atoms with Gasteiger partial charge in [-0.15, -0.1) is 11.3 Å². The molecule has 6 heteroatoms. The number of nitrogen functional groups attached to an aromatic ring is 1. The highest BCUT2D eigenvalue weighted by Crippen LogP contribution is 2.44. The molecule has 118 valence electrons. The molecule has 21 heavy (non-hydrogen) atoms. The summed E-state index contributed by atoms with van der Waals surface area (Å²) in [6.07, 6.45) is 3.43. The van der Waals surface area contributed by atoms with Gasteiger partial charge in [0, 0.05) is 14.0 Å². The van der Waals surface area contributed by atoms with E-state index in [9.17, 15) is 4.79 Å². The molecule has 2 unspecified atom stereocenters. The number of hydrogen-bond donors (Lipinski definition) is 2. The number of carbonyl (C=O) groups excluding carboxylic acids is 1. The van der Waals surface area contributed by atoms with Crippen molar-refractivity contribution in [3.63, 3.8) is 0 Å². The minimum absolute atomic E-state index is 0.00376. The van der Waals surface area contributed by atoms with Crippen molar-refractivity contribution in [3.8, 4) is 5.75 Å². The lowest BCUT2D eigenvalue weighted by atomic mass is 10.2. The Labute approximate surface area is 129 Å². The summed E-state index contributed by atoms with van der Waals surface area (Å²) >= 11 is 1.37. The van der Waals surface area contributed by atoms with Gasteiger partial charge in [0.15, 0.2) is 11.5 Å². The predicted octanol–water partition coefficient (Wildman–Crippen LogP) is 3.30. The first-order valence-electron chi connectivity index (χ1n) is 7.33. The van der Waals surface area contributed by atoms with Gasteiger partial charge in [0.05, 0.1) is 28.8 Å². The lowest BCUT2D eigenvalue weighted by Crippen LogP contribution is -2.29. The molecule has 0 bridgehead atoms. The normalized spacial score (nSPS) is 21.8. The second kappa shape index (κ2) is 6.66. The Morgan fingerprint density at radius 1 is 1.43 bits per heavy atom. The van der Waals surface area contributed by atoms with Crippen molar-refractivity contribution < 1.29 is 14.3 Å². The van der Waals surface area contributed by atoms with Gasteiger partial charge in [-0.3, -0.25) is 4.79 Å². The Hall–Kier alpha value is -1.27. The van der Waals surface area contributed by atoms with E-state index in [1.165, 1.54) is 18.3 Å². The molecular formula is C15H24N2O3S. The molecule has 1 fully saturated rings. The van der Waals surface area contributed by atoms with Crippen molar-refractivity contribution in [1.82, 2.24) is 0 Å². The third kappa shape index (κ3) is 3.49. The molecule has 1 aromatic heterocycles. The van der Waals surface area contributed by atoms with Crippen LogP contribution in [-0.2, 0) is 4.74 Å².